The van der Waals surface area contributed by atoms with Crippen LogP contribution in [0.4, 0.5) is 0 Å². The Kier molecular flexibility index (Phi) is 13.9. The molecular weight excluding hydrogens is 532 g/mol. The number of carbonyl (C=O) groups is 4. The Morgan fingerprint density at radius 2 is 0.900 bits per heavy atom. The molecule has 218 valence electrons. The van der Waals surface area contributed by atoms with Crippen LogP contribution in [0.25, 0.3) is 0 Å². The highest BCUT2D eigenvalue weighted by Gasteiger charge is 2.17. The fourth-order valence-corrected chi connectivity index (χ4v) is 3.02. The van der Waals surface area contributed by atoms with Crippen molar-refractivity contribution in [2.24, 2.45) is 0 Å². The molecule has 0 atom stereocenters. The van der Waals surface area contributed by atoms with Gasteiger partial charge in [0.1, 0.15) is 24.7 Å². The van der Waals surface area contributed by atoms with Gasteiger partial charge in [0.25, 0.3) is 11.8 Å². The summed E-state index contributed by atoms with van der Waals surface area (Å²) in [6.45, 7) is 1.58. The summed E-state index contributed by atoms with van der Waals surface area (Å²) in [6, 6.07) is 6.71. The maximum absolute atomic E-state index is 12.6. The number of hydrogen-bond acceptors (Lipinski definition) is 12. The number of rotatable bonds is 16. The monoisotopic (exact) mass is 564 g/mol. The van der Waals surface area contributed by atoms with Gasteiger partial charge in [-0.3, -0.25) is 20.4 Å². The van der Waals surface area contributed by atoms with E-state index in [0.717, 1.165) is 36.4 Å². The van der Waals surface area contributed by atoms with Crippen molar-refractivity contribution in [2.45, 2.75) is 0 Å². The van der Waals surface area contributed by atoms with Crippen LogP contribution in [0.1, 0.15) is 41.4 Å². The van der Waals surface area contributed by atoms with Gasteiger partial charge in [0.15, 0.2) is 0 Å². The van der Waals surface area contributed by atoms with E-state index in [1.165, 1.54) is 14.2 Å². The minimum Gasteiger partial charge on any atom is -0.508 e. The Morgan fingerprint density at radius 1 is 0.550 bits per heavy atom. The largest absolute Gasteiger partial charge is 0.508 e. The van der Waals surface area contributed by atoms with Crippen molar-refractivity contribution in [2.75, 3.05) is 67.1 Å². The quantitative estimate of drug-likeness (QED) is 0.128. The Morgan fingerprint density at radius 3 is 1.27 bits per heavy atom. The van der Waals surface area contributed by atoms with Crippen LogP contribution in [0.3, 0.4) is 0 Å². The molecule has 0 aromatic heterocycles. The molecule has 0 bridgehead atoms. The number of methoxy groups -OCH3 is 2. The van der Waals surface area contributed by atoms with Gasteiger partial charge >= 0.3 is 11.9 Å². The molecule has 0 aliphatic heterocycles. The van der Waals surface area contributed by atoms with Crippen LogP contribution in [0.15, 0.2) is 36.4 Å². The van der Waals surface area contributed by atoms with Crippen LogP contribution in [-0.2, 0) is 28.4 Å². The Balaban J connectivity index is 1.93. The predicted molar refractivity (Wildman–Crippen MR) is 137 cm³/mol. The lowest BCUT2D eigenvalue weighted by Gasteiger charge is -2.11. The van der Waals surface area contributed by atoms with E-state index in [0.29, 0.717) is 26.4 Å². The Labute approximate surface area is 230 Å². The number of aromatic hydroxyl groups is 2. The topological polar surface area (TPSA) is 188 Å². The summed E-state index contributed by atoms with van der Waals surface area (Å²) in [5, 5.41) is 19.9. The summed E-state index contributed by atoms with van der Waals surface area (Å²) in [5.74, 6) is -4.11. The molecule has 0 unspecified atom stereocenters. The average Bonchev–Trinajstić information content (AvgIpc) is 2.94. The number of carbonyl (C=O) groups excluding carboxylic acids is 4. The summed E-state index contributed by atoms with van der Waals surface area (Å²) < 4.78 is 30.2. The summed E-state index contributed by atoms with van der Waals surface area (Å²) >= 11 is 0. The third kappa shape index (κ3) is 11.2. The summed E-state index contributed by atoms with van der Waals surface area (Å²) in [7, 11) is 3.05. The molecule has 14 nitrogen and oxygen atoms in total. The minimum absolute atomic E-state index is 0.0581. The number of benzene rings is 2. The standard InChI is InChI=1S/C26H32N2O12/c1-35-3-5-37-7-9-39-25(33)19-11-17(13-21(29)15-19)23(31)27-28-24(32)18-12-20(16-22(30)14-18)26(34)40-10-8-38-6-4-36-2/h11-16,29-30H,3-10H2,1-2H3,(H,27,31)(H,28,32). The molecule has 14 heteroatoms. The molecule has 2 aromatic rings. The zero-order valence-electron chi connectivity index (χ0n) is 22.1. The molecule has 4 N–H and O–H groups in total. The predicted octanol–water partition coefficient (Wildman–Crippen LogP) is 0.812. The van der Waals surface area contributed by atoms with E-state index in [1.54, 1.807) is 0 Å². The number of nitrogens with one attached hydrogen (secondary N) is 2. The third-order valence-electron chi connectivity index (χ3n) is 4.91. The molecule has 0 aliphatic carbocycles. The number of hydrogen-bond donors (Lipinski definition) is 4. The molecule has 0 aliphatic rings. The van der Waals surface area contributed by atoms with Crippen LogP contribution in [0, 0.1) is 0 Å². The van der Waals surface area contributed by atoms with Gasteiger partial charge in [0.05, 0.1) is 50.8 Å². The van der Waals surface area contributed by atoms with E-state index in [9.17, 15) is 29.4 Å². The van der Waals surface area contributed by atoms with E-state index in [1.807, 2.05) is 0 Å². The van der Waals surface area contributed by atoms with E-state index in [-0.39, 0.29) is 60.2 Å². The van der Waals surface area contributed by atoms with Crippen molar-refractivity contribution in [1.82, 2.24) is 10.9 Å². The first-order valence-electron chi connectivity index (χ1n) is 12.0. The van der Waals surface area contributed by atoms with Crippen molar-refractivity contribution in [3.05, 3.63) is 58.7 Å². The highest BCUT2D eigenvalue weighted by atomic mass is 16.6. The van der Waals surface area contributed by atoms with E-state index in [2.05, 4.69) is 10.9 Å². The van der Waals surface area contributed by atoms with Gasteiger partial charge in [0, 0.05) is 25.3 Å². The molecule has 2 amide bonds. The maximum atomic E-state index is 12.6. The molecule has 0 heterocycles. The highest BCUT2D eigenvalue weighted by Crippen LogP contribution is 2.18. The van der Waals surface area contributed by atoms with Gasteiger partial charge in [-0.1, -0.05) is 0 Å². The zero-order valence-corrected chi connectivity index (χ0v) is 22.1. The zero-order chi connectivity index (χ0) is 29.3. The fraction of sp³-hybridized carbons (Fsp3) is 0.385. The molecule has 0 radical (unpaired) electrons. The van der Waals surface area contributed by atoms with Gasteiger partial charge in [-0.15, -0.1) is 0 Å². The molecule has 0 saturated carbocycles. The fourth-order valence-electron chi connectivity index (χ4n) is 3.02. The maximum Gasteiger partial charge on any atom is 0.338 e. The molecule has 0 saturated heterocycles. The molecule has 0 fully saturated rings. The molecule has 0 spiro atoms. The lowest BCUT2D eigenvalue weighted by atomic mass is 10.1. The van der Waals surface area contributed by atoms with Crippen LogP contribution in [0.5, 0.6) is 11.5 Å². The van der Waals surface area contributed by atoms with Crippen molar-refractivity contribution in [3.63, 3.8) is 0 Å². The van der Waals surface area contributed by atoms with Gasteiger partial charge in [-0.05, 0) is 36.4 Å². The normalized spacial score (nSPS) is 10.6. The number of ether oxygens (including phenoxy) is 6. The van der Waals surface area contributed by atoms with Gasteiger partial charge < -0.3 is 38.6 Å². The molecule has 2 rings (SSSR count). The van der Waals surface area contributed by atoms with E-state index >= 15 is 0 Å². The van der Waals surface area contributed by atoms with Crippen LogP contribution >= 0.6 is 0 Å². The van der Waals surface area contributed by atoms with E-state index < -0.39 is 23.8 Å². The van der Waals surface area contributed by atoms with Crippen molar-refractivity contribution in [1.29, 1.82) is 0 Å². The Hall–Kier alpha value is -4.24. The number of phenolic OH excluding ortho intramolecular Hbond substituents is 2. The lowest BCUT2D eigenvalue weighted by molar-refractivity contribution is 0.0209. The second-order valence-electron chi connectivity index (χ2n) is 7.93. The van der Waals surface area contributed by atoms with Crippen molar-refractivity contribution < 1.29 is 57.8 Å². The van der Waals surface area contributed by atoms with Crippen molar-refractivity contribution >= 4 is 23.8 Å². The summed E-state index contributed by atoms with van der Waals surface area (Å²) in [4.78, 5) is 49.7. The SMILES string of the molecule is COCCOCCOC(=O)c1cc(O)cc(C(=O)NNC(=O)c2cc(O)cc(C(=O)OCCOCCOC)c2)c1. The van der Waals surface area contributed by atoms with Crippen LogP contribution in [0.2, 0.25) is 0 Å². The average molecular weight is 565 g/mol. The van der Waals surface area contributed by atoms with Crippen molar-refractivity contribution in [3.8, 4) is 11.5 Å². The van der Waals surface area contributed by atoms with Gasteiger partial charge in [-0.25, -0.2) is 9.59 Å². The second kappa shape index (κ2) is 17.4. The number of phenols is 2. The number of amides is 2. The smallest absolute Gasteiger partial charge is 0.338 e. The summed E-state index contributed by atoms with van der Waals surface area (Å²) in [6.07, 6.45) is 0. The minimum atomic E-state index is -0.866. The Bertz CT molecular complexity index is 1060. The number of hydrazine groups is 1. The number of esters is 2. The summed E-state index contributed by atoms with van der Waals surface area (Å²) in [5.41, 5.74) is 3.74. The third-order valence-corrected chi connectivity index (χ3v) is 4.91. The van der Waals surface area contributed by atoms with Crippen LogP contribution in [-0.4, -0.2) is 101 Å². The first kappa shape index (κ1) is 32.0. The first-order valence-corrected chi connectivity index (χ1v) is 12.0. The van der Waals surface area contributed by atoms with Gasteiger partial charge in [0.2, 0.25) is 0 Å². The van der Waals surface area contributed by atoms with E-state index in [4.69, 9.17) is 28.4 Å². The second-order valence-corrected chi connectivity index (χ2v) is 7.93. The van der Waals surface area contributed by atoms with Gasteiger partial charge in [-0.2, -0.15) is 0 Å². The molecule has 2 aromatic carbocycles. The molecule has 40 heavy (non-hydrogen) atoms. The van der Waals surface area contributed by atoms with Crippen LogP contribution < -0.4 is 10.9 Å². The lowest BCUT2D eigenvalue weighted by Crippen LogP contribution is -2.41. The highest BCUT2D eigenvalue weighted by molar-refractivity contribution is 6.02. The molecular formula is C26H32N2O12. The first-order chi connectivity index (χ1) is 19.2.